The number of morpholine rings is 1. The number of aromatic amines is 1. The van der Waals surface area contributed by atoms with Gasteiger partial charge in [0.05, 0.1) is 24.9 Å². The Morgan fingerprint density at radius 2 is 1.93 bits per heavy atom. The first kappa shape index (κ1) is 28.6. The van der Waals surface area contributed by atoms with Crippen LogP contribution in [0.1, 0.15) is 46.6 Å². The van der Waals surface area contributed by atoms with Crippen molar-refractivity contribution in [3.63, 3.8) is 0 Å². The third kappa shape index (κ3) is 5.51. The molecule has 2 N–H and O–H groups in total. The number of thiazole rings is 1. The molecule has 14 heteroatoms. The molecule has 0 aliphatic carbocycles. The molecule has 3 aromatic rings. The molecule has 0 radical (unpaired) electrons. The van der Waals surface area contributed by atoms with Gasteiger partial charge >= 0.3 is 0 Å². The van der Waals surface area contributed by atoms with Crippen LogP contribution in [0.2, 0.25) is 5.02 Å². The number of rotatable bonds is 5. The van der Waals surface area contributed by atoms with Gasteiger partial charge in [0.2, 0.25) is 5.91 Å². The topological polar surface area (TPSA) is 128 Å². The molecular formula is C27H33ClN6O5S2. The van der Waals surface area contributed by atoms with E-state index in [0.29, 0.717) is 53.8 Å². The Labute approximate surface area is 247 Å². The van der Waals surface area contributed by atoms with E-state index in [4.69, 9.17) is 21.3 Å². The van der Waals surface area contributed by atoms with Crippen molar-refractivity contribution in [2.75, 3.05) is 45.9 Å². The number of hydrogen-bond acceptors (Lipinski definition) is 8. The summed E-state index contributed by atoms with van der Waals surface area (Å²) in [5, 5.41) is 5.08. The lowest BCUT2D eigenvalue weighted by atomic mass is 9.95. The van der Waals surface area contributed by atoms with Crippen molar-refractivity contribution in [2.24, 2.45) is 0 Å². The maximum absolute atomic E-state index is 13.9. The lowest BCUT2D eigenvalue weighted by Gasteiger charge is -2.41. The van der Waals surface area contributed by atoms with Crippen molar-refractivity contribution in [1.82, 2.24) is 29.4 Å². The van der Waals surface area contributed by atoms with Gasteiger partial charge in [0.25, 0.3) is 15.9 Å². The van der Waals surface area contributed by atoms with Crippen LogP contribution in [0.5, 0.6) is 0 Å². The number of benzene rings is 1. The normalized spacial score (nSPS) is 24.0. The molecule has 3 atom stereocenters. The highest BCUT2D eigenvalue weighted by atomic mass is 35.5. The molecule has 0 bridgehead atoms. The molecule has 1 aromatic carbocycles. The second-order valence-corrected chi connectivity index (χ2v) is 14.3. The van der Waals surface area contributed by atoms with E-state index in [2.05, 4.69) is 24.1 Å². The van der Waals surface area contributed by atoms with Gasteiger partial charge in [-0.05, 0) is 31.2 Å². The van der Waals surface area contributed by atoms with Gasteiger partial charge in [-0.1, -0.05) is 18.5 Å². The minimum atomic E-state index is -3.93. The summed E-state index contributed by atoms with van der Waals surface area (Å²) in [5.41, 5.74) is 1.59. The molecule has 2 saturated heterocycles. The average Bonchev–Trinajstić information content (AvgIpc) is 3.60. The first-order valence-electron chi connectivity index (χ1n) is 13.8. The van der Waals surface area contributed by atoms with Crippen molar-refractivity contribution < 1.29 is 22.7 Å². The van der Waals surface area contributed by atoms with E-state index < -0.39 is 16.1 Å². The fourth-order valence-corrected chi connectivity index (χ4v) is 8.45. The number of carbonyl (C=O) groups is 2. The monoisotopic (exact) mass is 620 g/mol. The molecule has 3 unspecified atom stereocenters. The number of nitrogens with one attached hydrogen (secondary N) is 2. The molecule has 0 saturated carbocycles. The SMILES string of the molecule is CC1NCc2sc(C(=O)N3CCN(S(=O)(=O)c4cc5cc(Cl)ccc5[nH]4)CC3CC(=O)N3CCOCC3)nc2C1C. The molecule has 3 aliphatic rings. The molecule has 2 amide bonds. The summed E-state index contributed by atoms with van der Waals surface area (Å²) in [6.45, 7) is 6.97. The Bertz CT molecular complexity index is 1580. The van der Waals surface area contributed by atoms with Gasteiger partial charge in [0, 0.05) is 78.5 Å². The van der Waals surface area contributed by atoms with Crippen molar-refractivity contribution in [3.8, 4) is 0 Å². The Morgan fingerprint density at radius 1 is 1.15 bits per heavy atom. The number of ether oxygens (including phenoxy) is 1. The van der Waals surface area contributed by atoms with Gasteiger partial charge in [-0.2, -0.15) is 4.31 Å². The van der Waals surface area contributed by atoms with Crippen LogP contribution in [0.15, 0.2) is 29.3 Å². The summed E-state index contributed by atoms with van der Waals surface area (Å²) in [5.74, 6) is -0.217. The fourth-order valence-electron chi connectivity index (χ4n) is 5.71. The van der Waals surface area contributed by atoms with E-state index in [-0.39, 0.29) is 54.9 Å². The standard InChI is InChI=1S/C27H33ClN6O5S2/c1-16-17(2)29-14-22-25(16)31-26(40-22)27(36)34-6-5-33(15-20(34)13-24(35)32-7-9-39-10-8-32)41(37,38)23-12-18-11-19(28)3-4-21(18)30-23/h3-4,11-12,16-17,20,29-30H,5-10,13-15H2,1-2H3. The number of nitrogens with zero attached hydrogens (tertiary/aromatic N) is 4. The van der Waals surface area contributed by atoms with Crippen LogP contribution in [-0.2, 0) is 26.1 Å². The number of carbonyl (C=O) groups excluding carboxylic acids is 2. The Morgan fingerprint density at radius 3 is 2.71 bits per heavy atom. The van der Waals surface area contributed by atoms with E-state index in [1.54, 1.807) is 34.1 Å². The molecule has 41 heavy (non-hydrogen) atoms. The second kappa shape index (κ2) is 11.3. The second-order valence-electron chi connectivity index (χ2n) is 10.9. The minimum absolute atomic E-state index is 0.000354. The highest BCUT2D eigenvalue weighted by molar-refractivity contribution is 7.89. The lowest BCUT2D eigenvalue weighted by Crippen LogP contribution is -2.58. The van der Waals surface area contributed by atoms with E-state index in [0.717, 1.165) is 10.6 Å². The number of hydrogen-bond donors (Lipinski definition) is 2. The molecule has 0 spiro atoms. The summed E-state index contributed by atoms with van der Waals surface area (Å²) in [6, 6.07) is 6.32. The lowest BCUT2D eigenvalue weighted by molar-refractivity contribution is -0.136. The maximum atomic E-state index is 13.9. The molecule has 5 heterocycles. The zero-order chi connectivity index (χ0) is 28.9. The van der Waals surface area contributed by atoms with Gasteiger partial charge in [-0.3, -0.25) is 9.59 Å². The quantitative estimate of drug-likeness (QED) is 0.449. The van der Waals surface area contributed by atoms with Crippen LogP contribution >= 0.6 is 22.9 Å². The van der Waals surface area contributed by atoms with Crippen molar-refractivity contribution >= 4 is 55.7 Å². The predicted octanol–water partition coefficient (Wildman–Crippen LogP) is 2.64. The summed E-state index contributed by atoms with van der Waals surface area (Å²) in [6.07, 6.45) is 0.0140. The van der Waals surface area contributed by atoms with Gasteiger partial charge < -0.3 is 24.8 Å². The van der Waals surface area contributed by atoms with Crippen LogP contribution in [0.4, 0.5) is 0 Å². The van der Waals surface area contributed by atoms with Crippen LogP contribution in [0.3, 0.4) is 0 Å². The van der Waals surface area contributed by atoms with E-state index in [9.17, 15) is 18.0 Å². The van der Waals surface area contributed by atoms with Crippen LogP contribution in [0, 0.1) is 0 Å². The van der Waals surface area contributed by atoms with Crippen LogP contribution in [0.25, 0.3) is 10.9 Å². The van der Waals surface area contributed by atoms with Crippen LogP contribution in [-0.4, -0.2) is 102 Å². The van der Waals surface area contributed by atoms with Gasteiger partial charge in [-0.15, -0.1) is 11.3 Å². The zero-order valence-electron chi connectivity index (χ0n) is 22.9. The van der Waals surface area contributed by atoms with Crippen molar-refractivity contribution in [3.05, 3.63) is 44.9 Å². The largest absolute Gasteiger partial charge is 0.378 e. The number of H-pyrrole nitrogens is 1. The van der Waals surface area contributed by atoms with Crippen LogP contribution < -0.4 is 5.32 Å². The summed E-state index contributed by atoms with van der Waals surface area (Å²) in [7, 11) is -3.93. The molecular weight excluding hydrogens is 588 g/mol. The number of sulfonamides is 1. The zero-order valence-corrected chi connectivity index (χ0v) is 25.3. The Hall–Kier alpha value is -2.55. The third-order valence-corrected chi connectivity index (χ3v) is 11.4. The molecule has 2 fully saturated rings. The molecule has 11 nitrogen and oxygen atoms in total. The smallest absolute Gasteiger partial charge is 0.283 e. The molecule has 3 aliphatic heterocycles. The number of piperazine rings is 1. The molecule has 6 rings (SSSR count). The Kier molecular flexibility index (Phi) is 7.85. The molecule has 2 aromatic heterocycles. The van der Waals surface area contributed by atoms with E-state index in [1.165, 1.54) is 15.6 Å². The third-order valence-electron chi connectivity index (χ3n) is 8.33. The van der Waals surface area contributed by atoms with E-state index in [1.807, 2.05) is 0 Å². The average molecular weight is 621 g/mol. The number of halogens is 1. The number of aromatic nitrogens is 2. The highest BCUT2D eigenvalue weighted by Gasteiger charge is 2.40. The maximum Gasteiger partial charge on any atom is 0.283 e. The van der Waals surface area contributed by atoms with Gasteiger partial charge in [0.15, 0.2) is 5.01 Å². The van der Waals surface area contributed by atoms with Gasteiger partial charge in [-0.25, -0.2) is 13.4 Å². The summed E-state index contributed by atoms with van der Waals surface area (Å²) < 4.78 is 34.2. The number of amides is 2. The fraction of sp³-hybridized carbons (Fsp3) is 0.519. The minimum Gasteiger partial charge on any atom is -0.378 e. The predicted molar refractivity (Wildman–Crippen MR) is 156 cm³/mol. The Balaban J connectivity index is 1.27. The van der Waals surface area contributed by atoms with Crippen molar-refractivity contribution in [1.29, 1.82) is 0 Å². The van der Waals surface area contributed by atoms with Gasteiger partial charge in [0.1, 0.15) is 5.03 Å². The molecule has 220 valence electrons. The number of fused-ring (bicyclic) bond motifs is 2. The highest BCUT2D eigenvalue weighted by Crippen LogP contribution is 2.33. The van der Waals surface area contributed by atoms with E-state index >= 15 is 0 Å². The van der Waals surface area contributed by atoms with Crippen molar-refractivity contribution in [2.45, 2.75) is 49.8 Å². The summed E-state index contributed by atoms with van der Waals surface area (Å²) >= 11 is 7.48. The first-order chi connectivity index (χ1) is 19.6. The summed E-state index contributed by atoms with van der Waals surface area (Å²) in [4.78, 5) is 39.3. The first-order valence-corrected chi connectivity index (χ1v) is 16.4.